The lowest BCUT2D eigenvalue weighted by Gasteiger charge is -2.48. The van der Waals surface area contributed by atoms with E-state index in [0.29, 0.717) is 27.8 Å². The molecule has 0 bridgehead atoms. The van der Waals surface area contributed by atoms with Crippen LogP contribution in [-0.4, -0.2) is 38.4 Å². The van der Waals surface area contributed by atoms with E-state index >= 15 is 4.21 Å². The molecule has 198 valence electrons. The molecule has 3 N–H and O–H groups in total. The summed E-state index contributed by atoms with van der Waals surface area (Å²) in [6.45, 7) is 4.90. The van der Waals surface area contributed by atoms with Gasteiger partial charge in [-0.1, -0.05) is 55.5 Å². The SMILES string of the molecule is CCCCC1(CCCC)CNc2cc(SC)c(O/C=C/C(=O)O)cc2S(=O)(O)(c2ccc(Br)cc2)C1. The second-order valence-corrected chi connectivity index (χ2v) is 14.6. The third kappa shape index (κ3) is 6.18. The lowest BCUT2D eigenvalue weighted by atomic mass is 9.80. The predicted octanol–water partition coefficient (Wildman–Crippen LogP) is 7.65. The summed E-state index contributed by atoms with van der Waals surface area (Å²) in [6.07, 6.45) is 9.59. The van der Waals surface area contributed by atoms with E-state index in [2.05, 4.69) is 35.1 Å². The van der Waals surface area contributed by atoms with Gasteiger partial charge in [0.15, 0.2) is 0 Å². The Morgan fingerprint density at radius 2 is 1.83 bits per heavy atom. The van der Waals surface area contributed by atoms with Gasteiger partial charge in [0.25, 0.3) is 0 Å². The molecule has 1 heterocycles. The molecule has 6 nitrogen and oxygen atoms in total. The van der Waals surface area contributed by atoms with Gasteiger partial charge in [0.05, 0.1) is 38.5 Å². The molecule has 1 aliphatic rings. The van der Waals surface area contributed by atoms with Gasteiger partial charge in [-0.25, -0.2) is 4.79 Å². The Morgan fingerprint density at radius 1 is 1.19 bits per heavy atom. The molecule has 9 heteroatoms. The molecule has 0 atom stereocenters. The molecule has 1 aliphatic heterocycles. The van der Waals surface area contributed by atoms with E-state index in [1.807, 2.05) is 12.3 Å². The van der Waals surface area contributed by atoms with E-state index in [1.54, 1.807) is 30.3 Å². The van der Waals surface area contributed by atoms with Crippen molar-refractivity contribution in [2.24, 2.45) is 5.41 Å². The van der Waals surface area contributed by atoms with Gasteiger partial charge in [0.1, 0.15) is 5.75 Å². The molecule has 0 radical (unpaired) electrons. The lowest BCUT2D eigenvalue weighted by Crippen LogP contribution is -2.45. The van der Waals surface area contributed by atoms with Crippen LogP contribution in [0.5, 0.6) is 5.75 Å². The number of aliphatic carboxylic acids is 1. The van der Waals surface area contributed by atoms with Gasteiger partial charge < -0.3 is 15.2 Å². The molecular weight excluding hydrogens is 562 g/mol. The van der Waals surface area contributed by atoms with Crippen molar-refractivity contribution in [3.8, 4) is 5.75 Å². The highest BCUT2D eigenvalue weighted by molar-refractivity contribution is 9.10. The molecule has 0 aliphatic carbocycles. The first-order valence-corrected chi connectivity index (χ1v) is 16.4. The fourth-order valence-electron chi connectivity index (χ4n) is 4.90. The van der Waals surface area contributed by atoms with Gasteiger partial charge in [-0.05, 0) is 49.4 Å². The van der Waals surface area contributed by atoms with E-state index < -0.39 is 15.3 Å². The van der Waals surface area contributed by atoms with Crippen molar-refractivity contribution in [1.82, 2.24) is 0 Å². The molecule has 0 saturated heterocycles. The molecule has 0 amide bonds. The number of hydrogen-bond donors (Lipinski definition) is 3. The Balaban J connectivity index is 2.28. The van der Waals surface area contributed by atoms with Crippen LogP contribution in [0, 0.1) is 5.41 Å². The highest BCUT2D eigenvalue weighted by Gasteiger charge is 2.47. The number of hydrogen-bond acceptors (Lipinski definition) is 5. The Bertz CT molecular complexity index is 1170. The third-order valence-electron chi connectivity index (χ3n) is 6.77. The highest BCUT2D eigenvalue weighted by Crippen LogP contribution is 2.54. The molecule has 2 aromatic carbocycles. The van der Waals surface area contributed by atoms with Crippen molar-refractivity contribution >= 4 is 48.7 Å². The molecule has 0 unspecified atom stereocenters. The molecular formula is C27H36BrNO5S2. The maximum Gasteiger partial charge on any atom is 0.331 e. The average Bonchev–Trinajstić information content (AvgIpc) is 2.94. The number of unbranched alkanes of at least 4 members (excludes halogenated alkanes) is 2. The number of fused-ring (bicyclic) bond motifs is 1. The van der Waals surface area contributed by atoms with Crippen LogP contribution in [0.2, 0.25) is 0 Å². The Hall–Kier alpha value is -1.81. The largest absolute Gasteiger partial charge is 0.478 e. The summed E-state index contributed by atoms with van der Waals surface area (Å²) in [4.78, 5) is 12.4. The van der Waals surface area contributed by atoms with Gasteiger partial charge in [-0.15, -0.1) is 21.1 Å². The minimum Gasteiger partial charge on any atom is -0.478 e. The molecule has 3 rings (SSSR count). The fraction of sp³-hybridized carbons (Fsp3) is 0.444. The maximum absolute atomic E-state index is 15.4. The first kappa shape index (κ1) is 28.8. The Morgan fingerprint density at radius 3 is 2.39 bits per heavy atom. The lowest BCUT2D eigenvalue weighted by molar-refractivity contribution is -0.131. The van der Waals surface area contributed by atoms with Crippen molar-refractivity contribution in [1.29, 1.82) is 0 Å². The van der Waals surface area contributed by atoms with Crippen LogP contribution in [0.1, 0.15) is 52.4 Å². The zero-order valence-corrected chi connectivity index (χ0v) is 24.3. The number of benzene rings is 2. The Kier molecular flexibility index (Phi) is 9.36. The van der Waals surface area contributed by atoms with Gasteiger partial charge in [0.2, 0.25) is 0 Å². The summed E-state index contributed by atoms with van der Waals surface area (Å²) in [5.74, 6) is -0.664. The number of thioether (sulfide) groups is 1. The van der Waals surface area contributed by atoms with Crippen molar-refractivity contribution in [2.45, 2.75) is 67.1 Å². The first-order valence-electron chi connectivity index (χ1n) is 12.2. The number of anilines is 1. The van der Waals surface area contributed by atoms with Gasteiger partial charge >= 0.3 is 5.97 Å². The molecule has 0 saturated carbocycles. The van der Waals surface area contributed by atoms with E-state index in [9.17, 15) is 9.35 Å². The standard InChI is InChI=1S/C27H36BrNO5S2/c1-4-6-13-27(14-7-5-2)18-29-22-16-24(35-3)23(34-15-12-26(30)31)17-25(22)36(32,33,19-27)21-10-8-20(28)9-11-21/h8-12,15-17,29H,4-7,13-14,18-19H2,1-3H3,(H,30,31)(H,32,33)/b15-12+. The minimum atomic E-state index is -4.61. The van der Waals surface area contributed by atoms with Gasteiger partial charge in [-0.2, -0.15) is 4.21 Å². The van der Waals surface area contributed by atoms with Crippen LogP contribution in [0.4, 0.5) is 5.69 Å². The van der Waals surface area contributed by atoms with Crippen LogP contribution >= 0.6 is 27.7 Å². The molecule has 2 aromatic rings. The molecule has 0 aromatic heterocycles. The van der Waals surface area contributed by atoms with Crippen molar-refractivity contribution in [3.05, 3.63) is 53.2 Å². The topological polar surface area (TPSA) is 95.9 Å². The summed E-state index contributed by atoms with van der Waals surface area (Å²) in [7, 11) is -4.61. The van der Waals surface area contributed by atoms with Crippen LogP contribution in [-0.2, 0) is 14.1 Å². The number of carboxylic acid groups (broad SMARTS) is 1. The summed E-state index contributed by atoms with van der Waals surface area (Å²) >= 11 is 4.89. The van der Waals surface area contributed by atoms with E-state index in [-0.39, 0.29) is 11.2 Å². The highest BCUT2D eigenvalue weighted by atomic mass is 79.9. The second kappa shape index (κ2) is 11.7. The monoisotopic (exact) mass is 597 g/mol. The number of ether oxygens (including phenoxy) is 1. The van der Waals surface area contributed by atoms with E-state index in [0.717, 1.165) is 60.2 Å². The zero-order chi connectivity index (χ0) is 26.4. The van der Waals surface area contributed by atoms with Crippen LogP contribution in [0.15, 0.2) is 67.9 Å². The smallest absolute Gasteiger partial charge is 0.331 e. The molecule has 0 spiro atoms. The minimum absolute atomic E-state index is 0.120. The van der Waals surface area contributed by atoms with Crippen molar-refractivity contribution in [3.63, 3.8) is 0 Å². The Labute approximate surface area is 226 Å². The molecule has 0 fully saturated rings. The third-order valence-corrected chi connectivity index (χ3v) is 11.7. The fourth-order valence-corrected chi connectivity index (χ4v) is 9.44. The number of rotatable bonds is 11. The van der Waals surface area contributed by atoms with E-state index in [1.165, 1.54) is 11.8 Å². The normalized spacial score (nSPS) is 18.9. The zero-order valence-electron chi connectivity index (χ0n) is 21.1. The van der Waals surface area contributed by atoms with Gasteiger partial charge in [-0.3, -0.25) is 4.55 Å². The predicted molar refractivity (Wildman–Crippen MR) is 152 cm³/mol. The average molecular weight is 599 g/mol. The van der Waals surface area contributed by atoms with Crippen LogP contribution in [0.3, 0.4) is 0 Å². The summed E-state index contributed by atoms with van der Waals surface area (Å²) < 4.78 is 34.5. The number of halogens is 1. The summed E-state index contributed by atoms with van der Waals surface area (Å²) in [6, 6.07) is 10.5. The van der Waals surface area contributed by atoms with Crippen LogP contribution in [0.25, 0.3) is 0 Å². The number of nitrogens with one attached hydrogen (secondary N) is 1. The quantitative estimate of drug-likeness (QED) is 0.139. The number of carboxylic acids is 1. The number of carbonyl (C=O) groups is 1. The van der Waals surface area contributed by atoms with Crippen molar-refractivity contribution < 1.29 is 23.4 Å². The van der Waals surface area contributed by atoms with Crippen molar-refractivity contribution in [2.75, 3.05) is 23.9 Å². The first-order chi connectivity index (χ1) is 17.1. The molecule has 36 heavy (non-hydrogen) atoms. The summed E-state index contributed by atoms with van der Waals surface area (Å²) in [5, 5.41) is 12.5. The van der Waals surface area contributed by atoms with Crippen LogP contribution < -0.4 is 10.1 Å². The van der Waals surface area contributed by atoms with E-state index in [4.69, 9.17) is 9.84 Å². The maximum atomic E-state index is 15.4. The second-order valence-electron chi connectivity index (χ2n) is 9.48. The van der Waals surface area contributed by atoms with Gasteiger partial charge in [0, 0.05) is 22.5 Å². The summed E-state index contributed by atoms with van der Waals surface area (Å²) in [5.41, 5.74) is 0.256.